The Kier molecular flexibility index (Phi) is 9.26. The van der Waals surface area contributed by atoms with Gasteiger partial charge in [-0.15, -0.1) is 11.8 Å². The maximum Gasteiger partial charge on any atom is 0.191 e. The Labute approximate surface area is 162 Å². The highest BCUT2D eigenvalue weighted by molar-refractivity contribution is 7.99. The van der Waals surface area contributed by atoms with Crippen LogP contribution in [0.1, 0.15) is 33.6 Å². The summed E-state index contributed by atoms with van der Waals surface area (Å²) in [5.41, 5.74) is 0. The summed E-state index contributed by atoms with van der Waals surface area (Å²) in [4.78, 5) is 8.34. The first-order valence-corrected chi connectivity index (χ1v) is 10.7. The number of nitrogens with one attached hydrogen (secondary N) is 2. The van der Waals surface area contributed by atoms with Crippen LogP contribution in [0.25, 0.3) is 0 Å². The number of halogens is 1. The van der Waals surface area contributed by atoms with Gasteiger partial charge in [-0.1, -0.05) is 13.8 Å². The normalized spacial score (nSPS) is 16.9. The van der Waals surface area contributed by atoms with Crippen LogP contribution in [0.3, 0.4) is 0 Å². The molecule has 0 atom stereocenters. The molecule has 6 heteroatoms. The van der Waals surface area contributed by atoms with Crippen LogP contribution in [0, 0.1) is 11.7 Å². The van der Waals surface area contributed by atoms with Crippen LogP contribution in [0.2, 0.25) is 0 Å². The molecule has 0 saturated carbocycles. The van der Waals surface area contributed by atoms with Gasteiger partial charge in [0.2, 0.25) is 0 Å². The van der Waals surface area contributed by atoms with Gasteiger partial charge in [-0.3, -0.25) is 4.99 Å². The second kappa shape index (κ2) is 11.4. The van der Waals surface area contributed by atoms with Crippen LogP contribution in [0.4, 0.5) is 4.39 Å². The molecule has 0 unspecified atom stereocenters. The molecule has 1 aromatic rings. The number of benzene rings is 1. The maximum absolute atomic E-state index is 12.9. The van der Waals surface area contributed by atoms with Crippen molar-refractivity contribution in [2.45, 2.75) is 44.6 Å². The Balaban J connectivity index is 1.73. The first-order valence-electron chi connectivity index (χ1n) is 9.72. The highest BCUT2D eigenvalue weighted by Gasteiger charge is 2.20. The molecule has 1 saturated heterocycles. The van der Waals surface area contributed by atoms with E-state index in [-0.39, 0.29) is 5.82 Å². The van der Waals surface area contributed by atoms with Crippen molar-refractivity contribution in [3.05, 3.63) is 30.1 Å². The third-order valence-corrected chi connectivity index (χ3v) is 5.33. The number of likely N-dealkylation sites (tertiary alicyclic amines) is 1. The summed E-state index contributed by atoms with van der Waals surface area (Å²) < 4.78 is 12.9. The van der Waals surface area contributed by atoms with Crippen molar-refractivity contribution in [2.75, 3.05) is 38.5 Å². The lowest BCUT2D eigenvalue weighted by Gasteiger charge is -2.34. The number of aliphatic imine (C=N–C) groups is 1. The highest BCUT2D eigenvalue weighted by atomic mass is 32.2. The minimum Gasteiger partial charge on any atom is -0.357 e. The molecular weight excluding hydrogens is 347 g/mol. The number of piperidine rings is 1. The van der Waals surface area contributed by atoms with Crippen molar-refractivity contribution in [1.82, 2.24) is 15.5 Å². The first-order chi connectivity index (χ1) is 12.6. The molecule has 1 aliphatic rings. The molecule has 146 valence electrons. The van der Waals surface area contributed by atoms with Crippen LogP contribution >= 0.6 is 11.8 Å². The van der Waals surface area contributed by atoms with Gasteiger partial charge >= 0.3 is 0 Å². The largest absolute Gasteiger partial charge is 0.357 e. The van der Waals surface area contributed by atoms with E-state index in [1.54, 1.807) is 11.8 Å². The van der Waals surface area contributed by atoms with E-state index in [2.05, 4.69) is 36.3 Å². The zero-order valence-electron chi connectivity index (χ0n) is 16.3. The van der Waals surface area contributed by atoms with Crippen molar-refractivity contribution < 1.29 is 4.39 Å². The SMILES string of the molecule is CCNC(=NCCSc1ccc(F)cc1)NC1CCN(CC(C)C)CC1. The van der Waals surface area contributed by atoms with Crippen LogP contribution < -0.4 is 10.6 Å². The van der Waals surface area contributed by atoms with E-state index in [9.17, 15) is 4.39 Å². The fourth-order valence-electron chi connectivity index (χ4n) is 3.14. The predicted octanol–water partition coefficient (Wildman–Crippen LogP) is 3.59. The quantitative estimate of drug-likeness (QED) is 0.313. The van der Waals surface area contributed by atoms with Crippen LogP contribution in [0.15, 0.2) is 34.2 Å². The molecule has 2 N–H and O–H groups in total. The summed E-state index contributed by atoms with van der Waals surface area (Å²) in [5.74, 6) is 2.34. The fourth-order valence-corrected chi connectivity index (χ4v) is 3.89. The van der Waals surface area contributed by atoms with E-state index < -0.39 is 0 Å². The molecule has 1 heterocycles. The molecule has 0 bridgehead atoms. The Bertz CT molecular complexity index is 539. The van der Waals surface area contributed by atoms with E-state index >= 15 is 0 Å². The van der Waals surface area contributed by atoms with Crippen molar-refractivity contribution >= 4 is 17.7 Å². The summed E-state index contributed by atoms with van der Waals surface area (Å²) in [6.45, 7) is 11.8. The van der Waals surface area contributed by atoms with Gasteiger partial charge in [0.1, 0.15) is 5.82 Å². The molecule has 0 radical (unpaired) electrons. The molecule has 1 aliphatic heterocycles. The lowest BCUT2D eigenvalue weighted by molar-refractivity contribution is 0.187. The summed E-state index contributed by atoms with van der Waals surface area (Å²) >= 11 is 1.71. The maximum atomic E-state index is 12.9. The molecule has 26 heavy (non-hydrogen) atoms. The highest BCUT2D eigenvalue weighted by Crippen LogP contribution is 2.17. The van der Waals surface area contributed by atoms with E-state index in [1.165, 1.54) is 31.5 Å². The lowest BCUT2D eigenvalue weighted by Crippen LogP contribution is -2.49. The number of hydrogen-bond donors (Lipinski definition) is 2. The first kappa shape index (κ1) is 21.0. The van der Waals surface area contributed by atoms with Gasteiger partial charge in [0, 0.05) is 42.9 Å². The van der Waals surface area contributed by atoms with Gasteiger partial charge in [0.15, 0.2) is 5.96 Å². The summed E-state index contributed by atoms with van der Waals surface area (Å²) in [5, 5.41) is 6.94. The van der Waals surface area contributed by atoms with Gasteiger partial charge in [0.25, 0.3) is 0 Å². The Morgan fingerprint density at radius 1 is 1.27 bits per heavy atom. The third-order valence-electron chi connectivity index (χ3n) is 4.34. The number of nitrogens with zero attached hydrogens (tertiary/aromatic N) is 2. The monoisotopic (exact) mass is 380 g/mol. The molecule has 1 aromatic carbocycles. The predicted molar refractivity (Wildman–Crippen MR) is 111 cm³/mol. The second-order valence-electron chi connectivity index (χ2n) is 7.18. The molecule has 1 fully saturated rings. The van der Waals surface area contributed by atoms with Crippen molar-refractivity contribution in [3.63, 3.8) is 0 Å². The lowest BCUT2D eigenvalue weighted by atomic mass is 10.0. The topological polar surface area (TPSA) is 39.7 Å². The van der Waals surface area contributed by atoms with Gasteiger partial charge < -0.3 is 15.5 Å². The molecule has 0 aromatic heterocycles. The summed E-state index contributed by atoms with van der Waals surface area (Å²) in [7, 11) is 0. The minimum atomic E-state index is -0.189. The molecule has 4 nitrogen and oxygen atoms in total. The fraction of sp³-hybridized carbons (Fsp3) is 0.650. The van der Waals surface area contributed by atoms with E-state index in [0.29, 0.717) is 6.04 Å². The average molecular weight is 381 g/mol. The van der Waals surface area contributed by atoms with E-state index in [1.807, 2.05) is 12.1 Å². The zero-order valence-corrected chi connectivity index (χ0v) is 17.1. The average Bonchev–Trinajstić information content (AvgIpc) is 2.61. The standard InChI is InChI=1S/C20H33FN4S/c1-4-22-20(23-11-14-26-19-7-5-17(21)6-8-19)24-18-9-12-25(13-10-18)15-16(2)3/h5-8,16,18H,4,9-15H2,1-3H3,(H2,22,23,24). The van der Waals surface area contributed by atoms with Gasteiger partial charge in [-0.05, 0) is 49.9 Å². The smallest absolute Gasteiger partial charge is 0.191 e. The molecule has 0 amide bonds. The Morgan fingerprint density at radius 3 is 2.58 bits per heavy atom. The third kappa shape index (κ3) is 7.96. The Hall–Kier alpha value is -1.27. The van der Waals surface area contributed by atoms with Crippen LogP contribution in [0.5, 0.6) is 0 Å². The van der Waals surface area contributed by atoms with Crippen molar-refractivity contribution in [1.29, 1.82) is 0 Å². The van der Waals surface area contributed by atoms with Gasteiger partial charge in [0.05, 0.1) is 6.54 Å². The van der Waals surface area contributed by atoms with E-state index in [4.69, 9.17) is 4.99 Å². The number of guanidine groups is 1. The van der Waals surface area contributed by atoms with Crippen molar-refractivity contribution in [3.8, 4) is 0 Å². The summed E-state index contributed by atoms with van der Waals surface area (Å²) in [6, 6.07) is 7.14. The zero-order chi connectivity index (χ0) is 18.8. The number of thioether (sulfide) groups is 1. The Morgan fingerprint density at radius 2 is 1.96 bits per heavy atom. The number of hydrogen-bond acceptors (Lipinski definition) is 3. The van der Waals surface area contributed by atoms with Gasteiger partial charge in [-0.2, -0.15) is 0 Å². The minimum absolute atomic E-state index is 0.189. The van der Waals surface area contributed by atoms with Crippen LogP contribution in [-0.2, 0) is 0 Å². The van der Waals surface area contributed by atoms with Crippen molar-refractivity contribution in [2.24, 2.45) is 10.9 Å². The molecule has 2 rings (SSSR count). The molecule has 0 spiro atoms. The van der Waals surface area contributed by atoms with Crippen LogP contribution in [-0.4, -0.2) is 55.4 Å². The number of rotatable bonds is 8. The summed E-state index contributed by atoms with van der Waals surface area (Å²) in [6.07, 6.45) is 2.34. The molecule has 0 aliphatic carbocycles. The van der Waals surface area contributed by atoms with Gasteiger partial charge in [-0.25, -0.2) is 4.39 Å². The molecular formula is C20H33FN4S. The van der Waals surface area contributed by atoms with E-state index in [0.717, 1.165) is 48.7 Å². The second-order valence-corrected chi connectivity index (χ2v) is 8.34.